The number of carbonyl (C=O) groups is 2. The van der Waals surface area contributed by atoms with E-state index in [-0.39, 0.29) is 6.42 Å². The Morgan fingerprint density at radius 3 is 2.54 bits per heavy atom. The van der Waals surface area contributed by atoms with Crippen molar-refractivity contribution in [3.63, 3.8) is 0 Å². The van der Waals surface area contributed by atoms with E-state index in [1.165, 1.54) is 0 Å². The maximum Gasteiger partial charge on any atom is 0.330 e. The number of fused-ring (bicyclic) bond motifs is 1. The fourth-order valence-corrected chi connectivity index (χ4v) is 2.59. The molecule has 1 unspecified atom stereocenters. The molecule has 0 fully saturated rings. The molecule has 2 rings (SSSR count). The molecule has 1 atom stereocenters. The first-order chi connectivity index (χ1) is 12.6. The maximum absolute atomic E-state index is 11.4. The highest BCUT2D eigenvalue weighted by Gasteiger charge is 2.16. The Kier molecular flexibility index (Phi) is 7.60. The molecule has 0 aliphatic carbocycles. The van der Waals surface area contributed by atoms with Crippen molar-refractivity contribution in [3.05, 3.63) is 30.5 Å². The zero-order valence-corrected chi connectivity index (χ0v) is 14.4. The van der Waals surface area contributed by atoms with Crippen molar-refractivity contribution in [1.29, 1.82) is 0 Å². The summed E-state index contributed by atoms with van der Waals surface area (Å²) in [4.78, 5) is 21.8. The summed E-state index contributed by atoms with van der Waals surface area (Å²) in [6, 6.07) is 6.52. The summed E-state index contributed by atoms with van der Waals surface area (Å²) in [5.74, 6) is -1.50. The molecule has 26 heavy (non-hydrogen) atoms. The van der Waals surface area contributed by atoms with Crippen LogP contribution in [0.5, 0.6) is 0 Å². The summed E-state index contributed by atoms with van der Waals surface area (Å²) in [7, 11) is 0. The minimum atomic E-state index is -1.02. The SMILES string of the molecule is O=C(O)CCCCCCCC(N=Nc1nncc2ccccc12)C(=O)O. The van der Waals surface area contributed by atoms with Gasteiger partial charge in [-0.05, 0) is 12.8 Å². The average Bonchev–Trinajstić information content (AvgIpc) is 2.62. The first-order valence-electron chi connectivity index (χ1n) is 8.64. The molecule has 0 amide bonds. The summed E-state index contributed by atoms with van der Waals surface area (Å²) in [5.41, 5.74) is 0. The fourth-order valence-electron chi connectivity index (χ4n) is 2.59. The second kappa shape index (κ2) is 10.2. The summed E-state index contributed by atoms with van der Waals surface area (Å²) < 4.78 is 0. The van der Waals surface area contributed by atoms with Crippen LogP contribution < -0.4 is 0 Å². The molecule has 1 heterocycles. The topological polar surface area (TPSA) is 125 Å². The second-order valence-electron chi connectivity index (χ2n) is 6.03. The van der Waals surface area contributed by atoms with E-state index >= 15 is 0 Å². The van der Waals surface area contributed by atoms with Crippen LogP contribution in [0.4, 0.5) is 5.82 Å². The smallest absolute Gasteiger partial charge is 0.330 e. The lowest BCUT2D eigenvalue weighted by Crippen LogP contribution is -2.17. The van der Waals surface area contributed by atoms with Crippen LogP contribution >= 0.6 is 0 Å². The summed E-state index contributed by atoms with van der Waals surface area (Å²) in [5, 5.41) is 35.3. The number of azo groups is 1. The molecule has 138 valence electrons. The standard InChI is InChI=1S/C18H22N4O4/c23-16(24)11-5-3-1-2-4-10-15(18(25)26)20-22-17-14-9-7-6-8-13(14)12-19-21-17/h6-9,12,15H,1-5,10-11H2,(H,23,24)(H,25,26). The summed E-state index contributed by atoms with van der Waals surface area (Å²) in [6.07, 6.45) is 6.08. The third kappa shape index (κ3) is 6.19. The largest absolute Gasteiger partial charge is 0.481 e. The van der Waals surface area contributed by atoms with Gasteiger partial charge in [0.2, 0.25) is 5.82 Å². The minimum Gasteiger partial charge on any atom is -0.481 e. The summed E-state index contributed by atoms with van der Waals surface area (Å²) >= 11 is 0. The van der Waals surface area contributed by atoms with Gasteiger partial charge < -0.3 is 10.2 Å². The number of hydrogen-bond acceptors (Lipinski definition) is 6. The quantitative estimate of drug-likeness (QED) is 0.462. The van der Waals surface area contributed by atoms with Crippen LogP contribution in [-0.2, 0) is 9.59 Å². The summed E-state index contributed by atoms with van der Waals surface area (Å²) in [6.45, 7) is 0. The van der Waals surface area contributed by atoms with E-state index in [2.05, 4.69) is 20.4 Å². The Balaban J connectivity index is 1.86. The minimum absolute atomic E-state index is 0.179. The molecule has 0 aliphatic heterocycles. The van der Waals surface area contributed by atoms with Crippen LogP contribution in [0.1, 0.15) is 44.9 Å². The average molecular weight is 358 g/mol. The monoisotopic (exact) mass is 358 g/mol. The number of carboxylic acids is 2. The van der Waals surface area contributed by atoms with Gasteiger partial charge in [-0.15, -0.1) is 10.2 Å². The molecule has 0 spiro atoms. The molecule has 2 N–H and O–H groups in total. The van der Waals surface area contributed by atoms with Crippen molar-refractivity contribution in [1.82, 2.24) is 10.2 Å². The molecule has 1 aromatic carbocycles. The van der Waals surface area contributed by atoms with E-state index < -0.39 is 18.0 Å². The van der Waals surface area contributed by atoms with E-state index in [9.17, 15) is 14.7 Å². The number of unbranched alkanes of at least 4 members (excludes halogenated alkanes) is 4. The number of aliphatic carboxylic acids is 2. The third-order valence-electron chi connectivity index (χ3n) is 4.00. The zero-order chi connectivity index (χ0) is 18.8. The van der Waals surface area contributed by atoms with Crippen molar-refractivity contribution >= 4 is 28.5 Å². The predicted molar refractivity (Wildman–Crippen MR) is 95.4 cm³/mol. The molecule has 0 saturated carbocycles. The van der Waals surface area contributed by atoms with Crippen LogP contribution in [0, 0.1) is 0 Å². The second-order valence-corrected chi connectivity index (χ2v) is 6.03. The Morgan fingerprint density at radius 2 is 1.77 bits per heavy atom. The van der Waals surface area contributed by atoms with Crippen LogP contribution in [0.25, 0.3) is 10.8 Å². The van der Waals surface area contributed by atoms with E-state index in [4.69, 9.17) is 5.11 Å². The molecule has 8 heteroatoms. The van der Waals surface area contributed by atoms with Gasteiger partial charge in [-0.3, -0.25) is 4.79 Å². The van der Waals surface area contributed by atoms with Crippen LogP contribution in [0.15, 0.2) is 40.7 Å². The molecule has 0 radical (unpaired) electrons. The number of benzene rings is 1. The number of rotatable bonds is 11. The molecule has 2 aromatic rings. The van der Waals surface area contributed by atoms with Gasteiger partial charge in [-0.2, -0.15) is 10.2 Å². The van der Waals surface area contributed by atoms with E-state index in [0.717, 1.165) is 30.0 Å². The first kappa shape index (κ1) is 19.4. The highest BCUT2D eigenvalue weighted by atomic mass is 16.4. The lowest BCUT2D eigenvalue weighted by Gasteiger charge is -2.06. The molecular weight excluding hydrogens is 336 g/mol. The number of aromatic nitrogens is 2. The molecule has 0 bridgehead atoms. The number of nitrogens with zero attached hydrogens (tertiary/aromatic N) is 4. The molecule has 0 aliphatic rings. The Hall–Kier alpha value is -2.90. The van der Waals surface area contributed by atoms with Gasteiger partial charge >= 0.3 is 11.9 Å². The van der Waals surface area contributed by atoms with Crippen molar-refractivity contribution in [2.75, 3.05) is 0 Å². The van der Waals surface area contributed by atoms with Crippen LogP contribution in [-0.4, -0.2) is 38.4 Å². The Morgan fingerprint density at radius 1 is 1.04 bits per heavy atom. The normalized spacial score (nSPS) is 12.5. The lowest BCUT2D eigenvalue weighted by molar-refractivity contribution is -0.139. The number of hydrogen-bond donors (Lipinski definition) is 2. The van der Waals surface area contributed by atoms with Gasteiger partial charge in [-0.25, -0.2) is 4.79 Å². The number of carboxylic acid groups (broad SMARTS) is 2. The maximum atomic E-state index is 11.4. The van der Waals surface area contributed by atoms with E-state index in [1.807, 2.05) is 24.3 Å². The molecular formula is C18H22N4O4. The molecule has 0 saturated heterocycles. The van der Waals surface area contributed by atoms with Crippen molar-refractivity contribution < 1.29 is 19.8 Å². The third-order valence-corrected chi connectivity index (χ3v) is 4.00. The van der Waals surface area contributed by atoms with Gasteiger partial charge in [0.15, 0.2) is 6.04 Å². The van der Waals surface area contributed by atoms with E-state index in [1.54, 1.807) is 6.20 Å². The first-order valence-corrected chi connectivity index (χ1v) is 8.64. The van der Waals surface area contributed by atoms with Gasteiger partial charge in [-0.1, -0.05) is 49.9 Å². The van der Waals surface area contributed by atoms with E-state index in [0.29, 0.717) is 25.1 Å². The molecule has 1 aromatic heterocycles. The fraction of sp³-hybridized carbons (Fsp3) is 0.444. The predicted octanol–water partition coefficient (Wildman–Crippen LogP) is 3.98. The zero-order valence-electron chi connectivity index (χ0n) is 14.4. The lowest BCUT2D eigenvalue weighted by atomic mass is 10.1. The van der Waals surface area contributed by atoms with Crippen molar-refractivity contribution in [2.45, 2.75) is 51.0 Å². The van der Waals surface area contributed by atoms with Gasteiger partial charge in [0.1, 0.15) is 0 Å². The Bertz CT molecular complexity index is 773. The van der Waals surface area contributed by atoms with Gasteiger partial charge in [0.05, 0.1) is 6.20 Å². The van der Waals surface area contributed by atoms with Crippen LogP contribution in [0.2, 0.25) is 0 Å². The highest BCUT2D eigenvalue weighted by Crippen LogP contribution is 2.23. The van der Waals surface area contributed by atoms with Crippen LogP contribution in [0.3, 0.4) is 0 Å². The van der Waals surface area contributed by atoms with Gasteiger partial charge in [0.25, 0.3) is 0 Å². The van der Waals surface area contributed by atoms with Crippen molar-refractivity contribution in [2.24, 2.45) is 10.2 Å². The molecule has 8 nitrogen and oxygen atoms in total. The van der Waals surface area contributed by atoms with Gasteiger partial charge in [0, 0.05) is 17.2 Å². The Labute approximate surface area is 151 Å². The highest BCUT2D eigenvalue weighted by molar-refractivity contribution is 5.89. The van der Waals surface area contributed by atoms with Crippen molar-refractivity contribution in [3.8, 4) is 0 Å².